The molecule has 0 saturated heterocycles. The minimum Gasteiger partial charge on any atom is -0.425 e. The van der Waals surface area contributed by atoms with Crippen LogP contribution < -0.4 is 4.74 Å². The first kappa shape index (κ1) is 7.75. The second kappa shape index (κ2) is 3.73. The predicted molar refractivity (Wildman–Crippen MR) is 37.6 cm³/mol. The molecule has 57 valence electrons. The minimum absolute atomic E-state index is 0.411. The van der Waals surface area contributed by atoms with Crippen molar-refractivity contribution < 1.29 is 14.6 Å². The molecule has 11 heavy (non-hydrogen) atoms. The van der Waals surface area contributed by atoms with Gasteiger partial charge in [0.2, 0.25) is 0 Å². The summed E-state index contributed by atoms with van der Waals surface area (Å²) in [5.74, 6) is -0.343. The number of hydrogen-bond donors (Lipinski definition) is 0. The Bertz CT molecular complexity index is 230. The molecule has 3 heteroatoms. The Morgan fingerprint density at radius 2 is 1.91 bits per heavy atom. The Hall–Kier alpha value is -1.35. The summed E-state index contributed by atoms with van der Waals surface area (Å²) in [7, 11) is 0. The maximum absolute atomic E-state index is 10.4. The lowest BCUT2D eigenvalue weighted by Crippen LogP contribution is -2.10. The average Bonchev–Trinajstić information content (AvgIpc) is 2.06. The third-order valence-corrected chi connectivity index (χ3v) is 1.09. The fourth-order valence-corrected chi connectivity index (χ4v) is 0.649. The summed E-state index contributed by atoms with van der Waals surface area (Å²) in [5, 5.41) is 9.96. The highest BCUT2D eigenvalue weighted by molar-refractivity contribution is 5.73. The lowest BCUT2D eigenvalue weighted by atomic mass is 10.3. The zero-order chi connectivity index (χ0) is 8.10. The Morgan fingerprint density at radius 3 is 2.45 bits per heavy atom. The van der Waals surface area contributed by atoms with Gasteiger partial charge in [0.25, 0.3) is 0 Å². The van der Waals surface area contributed by atoms with E-state index in [1.807, 2.05) is 0 Å². The van der Waals surface area contributed by atoms with Gasteiger partial charge in [-0.3, -0.25) is 0 Å². The van der Waals surface area contributed by atoms with Gasteiger partial charge in [-0.1, -0.05) is 18.2 Å². The number of benzene rings is 1. The van der Waals surface area contributed by atoms with Crippen LogP contribution in [0.2, 0.25) is 0 Å². The van der Waals surface area contributed by atoms with Gasteiger partial charge in [0.1, 0.15) is 5.75 Å². The van der Waals surface area contributed by atoms with Gasteiger partial charge < -0.3 is 4.74 Å². The molecule has 0 aromatic heterocycles. The molecule has 0 unspecified atom stereocenters. The Labute approximate surface area is 64.2 Å². The molecule has 0 saturated carbocycles. The summed E-state index contributed by atoms with van der Waals surface area (Å²) in [4.78, 5) is 10.4. The molecule has 0 spiro atoms. The molecule has 0 N–H and O–H groups in total. The summed E-state index contributed by atoms with van der Waals surface area (Å²) < 4.78 is 4.61. The molecule has 0 aliphatic rings. The third kappa shape index (κ3) is 2.39. The van der Waals surface area contributed by atoms with Crippen LogP contribution in [0.5, 0.6) is 5.75 Å². The van der Waals surface area contributed by atoms with Gasteiger partial charge in [-0.05, 0) is 12.1 Å². The van der Waals surface area contributed by atoms with Gasteiger partial charge >= 0.3 is 5.97 Å². The number of carbonyl (C=O) groups excluding carboxylic acids is 1. The van der Waals surface area contributed by atoms with E-state index in [9.17, 15) is 9.90 Å². The van der Waals surface area contributed by atoms with E-state index < -0.39 is 12.6 Å². The van der Waals surface area contributed by atoms with Crippen molar-refractivity contribution in [2.45, 2.75) is 0 Å². The minimum atomic E-state index is -0.838. The van der Waals surface area contributed by atoms with Crippen molar-refractivity contribution >= 4 is 5.97 Å². The van der Waals surface area contributed by atoms with Crippen molar-refractivity contribution in [3.05, 3.63) is 30.3 Å². The number of ether oxygens (including phenoxy) is 1. The van der Waals surface area contributed by atoms with E-state index in [1.54, 1.807) is 30.3 Å². The normalized spacial score (nSPS) is 9.18. The van der Waals surface area contributed by atoms with Crippen molar-refractivity contribution in [3.8, 4) is 5.75 Å². The van der Waals surface area contributed by atoms with E-state index in [1.165, 1.54) is 0 Å². The maximum atomic E-state index is 10.4. The molecular weight excluding hydrogens is 144 g/mol. The van der Waals surface area contributed by atoms with Crippen molar-refractivity contribution in [1.29, 1.82) is 0 Å². The van der Waals surface area contributed by atoms with E-state index in [4.69, 9.17) is 0 Å². The Morgan fingerprint density at radius 1 is 1.27 bits per heavy atom. The molecular formula is C8H7O3. The van der Waals surface area contributed by atoms with Crippen LogP contribution in [0.25, 0.3) is 0 Å². The first-order valence-corrected chi connectivity index (χ1v) is 3.17. The summed E-state index contributed by atoms with van der Waals surface area (Å²) >= 11 is 0. The maximum Gasteiger partial charge on any atom is 0.340 e. The van der Waals surface area contributed by atoms with Crippen molar-refractivity contribution in [2.75, 3.05) is 6.61 Å². The van der Waals surface area contributed by atoms with Gasteiger partial charge in [0.15, 0.2) is 6.61 Å². The highest BCUT2D eigenvalue weighted by atomic mass is 16.5. The summed E-state index contributed by atoms with van der Waals surface area (Å²) in [5.41, 5.74) is 0. The van der Waals surface area contributed by atoms with Gasteiger partial charge in [-0.25, -0.2) is 9.90 Å². The summed E-state index contributed by atoms with van der Waals surface area (Å²) in [6.45, 7) is -0.838. The highest BCUT2D eigenvalue weighted by Gasteiger charge is 2.00. The summed E-state index contributed by atoms with van der Waals surface area (Å²) in [6, 6.07) is 8.50. The molecule has 1 aromatic rings. The van der Waals surface area contributed by atoms with Crippen LogP contribution in [0.4, 0.5) is 0 Å². The molecule has 1 rings (SSSR count). The van der Waals surface area contributed by atoms with Crippen molar-refractivity contribution in [3.63, 3.8) is 0 Å². The fraction of sp³-hybridized carbons (Fsp3) is 0.125. The molecule has 0 aliphatic carbocycles. The van der Waals surface area contributed by atoms with E-state index >= 15 is 0 Å². The number of para-hydroxylation sites is 1. The quantitative estimate of drug-likeness (QED) is 0.468. The Kier molecular flexibility index (Phi) is 2.63. The van der Waals surface area contributed by atoms with Gasteiger partial charge in [0, 0.05) is 0 Å². The monoisotopic (exact) mass is 151 g/mol. The molecule has 0 amide bonds. The van der Waals surface area contributed by atoms with E-state index in [0.717, 1.165) is 0 Å². The van der Waals surface area contributed by atoms with Crippen LogP contribution in [0, 0.1) is 0 Å². The van der Waals surface area contributed by atoms with Crippen LogP contribution in [0.3, 0.4) is 0 Å². The molecule has 1 aromatic carbocycles. The second-order valence-corrected chi connectivity index (χ2v) is 1.93. The fourth-order valence-electron chi connectivity index (χ4n) is 0.649. The highest BCUT2D eigenvalue weighted by Crippen LogP contribution is 2.07. The lowest BCUT2D eigenvalue weighted by Gasteiger charge is -1.98. The predicted octanol–water partition coefficient (Wildman–Crippen LogP) is 1.02. The Balaban J connectivity index is 2.58. The standard InChI is InChI=1S/C8H7O3/c9-6-8(10)11-7-4-2-1-3-5-7/h1-5H,6H2. The van der Waals surface area contributed by atoms with E-state index in [0.29, 0.717) is 5.75 Å². The first-order valence-electron chi connectivity index (χ1n) is 3.17. The molecule has 3 nitrogen and oxygen atoms in total. The molecule has 0 heterocycles. The molecule has 0 bridgehead atoms. The number of esters is 1. The summed E-state index contributed by atoms with van der Waals surface area (Å²) in [6.07, 6.45) is 0. The molecule has 1 radical (unpaired) electrons. The van der Waals surface area contributed by atoms with Gasteiger partial charge in [0.05, 0.1) is 0 Å². The van der Waals surface area contributed by atoms with E-state index in [-0.39, 0.29) is 0 Å². The molecule has 0 atom stereocenters. The van der Waals surface area contributed by atoms with Crippen LogP contribution >= 0.6 is 0 Å². The topological polar surface area (TPSA) is 46.2 Å². The van der Waals surface area contributed by atoms with Gasteiger partial charge in [-0.2, -0.15) is 0 Å². The number of rotatable bonds is 2. The first-order chi connectivity index (χ1) is 5.33. The number of carbonyl (C=O) groups is 1. The average molecular weight is 151 g/mol. The van der Waals surface area contributed by atoms with Crippen molar-refractivity contribution in [1.82, 2.24) is 0 Å². The SMILES string of the molecule is [O]CC(=O)Oc1ccccc1. The van der Waals surface area contributed by atoms with Crippen LogP contribution in [-0.4, -0.2) is 12.6 Å². The number of hydrogen-bond acceptors (Lipinski definition) is 2. The van der Waals surface area contributed by atoms with Crippen LogP contribution in [-0.2, 0) is 9.90 Å². The van der Waals surface area contributed by atoms with Gasteiger partial charge in [-0.15, -0.1) is 0 Å². The molecule has 0 aliphatic heterocycles. The van der Waals surface area contributed by atoms with Crippen LogP contribution in [0.15, 0.2) is 30.3 Å². The second-order valence-electron chi connectivity index (χ2n) is 1.93. The third-order valence-electron chi connectivity index (χ3n) is 1.09. The van der Waals surface area contributed by atoms with Crippen molar-refractivity contribution in [2.24, 2.45) is 0 Å². The van der Waals surface area contributed by atoms with E-state index in [2.05, 4.69) is 4.74 Å². The zero-order valence-electron chi connectivity index (χ0n) is 5.82. The largest absolute Gasteiger partial charge is 0.425 e. The zero-order valence-corrected chi connectivity index (χ0v) is 5.82. The molecule has 0 fully saturated rings. The van der Waals surface area contributed by atoms with Crippen LogP contribution in [0.1, 0.15) is 0 Å². The lowest BCUT2D eigenvalue weighted by molar-refractivity contribution is -0.139. The smallest absolute Gasteiger partial charge is 0.340 e.